The monoisotopic (exact) mass is 637 g/mol. The number of carbonyl (C=O) groups excluding carboxylic acids is 1. The number of aliphatic carboxylic acids is 1. The molecular formula is C41H80O4. The lowest BCUT2D eigenvalue weighted by Gasteiger charge is -2.04. The number of rotatable bonds is 35. The first-order valence-electron chi connectivity index (χ1n) is 20.0. The SMILES string of the molecule is CCCCCCCC/C=C\CCCCCCCC(=O)O.CCCCCCCCCCCCCCCCCCCCCC(=O)OC. The number of hydrogen-bond donors (Lipinski definition) is 1. The zero-order chi connectivity index (χ0) is 33.3. The maximum Gasteiger partial charge on any atom is 0.305 e. The van der Waals surface area contributed by atoms with Gasteiger partial charge in [-0.2, -0.15) is 0 Å². The van der Waals surface area contributed by atoms with E-state index < -0.39 is 5.97 Å². The molecule has 0 aromatic rings. The van der Waals surface area contributed by atoms with Crippen LogP contribution in [-0.4, -0.2) is 24.2 Å². The van der Waals surface area contributed by atoms with Crippen molar-refractivity contribution in [2.45, 2.75) is 232 Å². The topological polar surface area (TPSA) is 63.6 Å². The zero-order valence-electron chi connectivity index (χ0n) is 30.9. The standard InChI is InChI=1S/C23H46O2.C18H34O2/c1-3-4-5-6-7-8-9-10-11-12-13-14-15-16-17-18-19-20-21-22-23(24)25-2;1-2-3-4-5-6-7-8-9-10-11-12-13-14-15-16-17-18(19)20/h3-22H2,1-2H3;9-10H,2-8,11-17H2,1H3,(H,19,20)/b;10-9-. The van der Waals surface area contributed by atoms with Gasteiger partial charge in [0.1, 0.15) is 0 Å². The number of methoxy groups -OCH3 is 1. The van der Waals surface area contributed by atoms with Crippen LogP contribution >= 0.6 is 0 Å². The van der Waals surface area contributed by atoms with Gasteiger partial charge in [-0.1, -0.05) is 193 Å². The van der Waals surface area contributed by atoms with Gasteiger partial charge < -0.3 is 9.84 Å². The van der Waals surface area contributed by atoms with Crippen LogP contribution in [0.2, 0.25) is 0 Å². The van der Waals surface area contributed by atoms with Crippen LogP contribution in [0.1, 0.15) is 232 Å². The molecule has 0 radical (unpaired) electrons. The van der Waals surface area contributed by atoms with E-state index in [1.54, 1.807) is 0 Å². The molecule has 0 saturated carbocycles. The van der Waals surface area contributed by atoms with Crippen LogP contribution < -0.4 is 0 Å². The highest BCUT2D eigenvalue weighted by molar-refractivity contribution is 5.69. The van der Waals surface area contributed by atoms with Crippen molar-refractivity contribution in [2.24, 2.45) is 0 Å². The molecule has 0 unspecified atom stereocenters. The summed E-state index contributed by atoms with van der Waals surface area (Å²) in [5, 5.41) is 8.51. The molecule has 0 amide bonds. The Kier molecular flexibility index (Phi) is 43.4. The predicted molar refractivity (Wildman–Crippen MR) is 197 cm³/mol. The van der Waals surface area contributed by atoms with Crippen molar-refractivity contribution >= 4 is 11.9 Å². The average molecular weight is 637 g/mol. The van der Waals surface area contributed by atoms with Gasteiger partial charge in [-0.3, -0.25) is 9.59 Å². The summed E-state index contributed by atoms with van der Waals surface area (Å²) >= 11 is 0. The first-order valence-corrected chi connectivity index (χ1v) is 20.0. The fraction of sp³-hybridized carbons (Fsp3) is 0.902. The molecule has 268 valence electrons. The van der Waals surface area contributed by atoms with Gasteiger partial charge in [0, 0.05) is 12.8 Å². The molecule has 0 heterocycles. The molecule has 0 aliphatic carbocycles. The fourth-order valence-electron chi connectivity index (χ4n) is 5.80. The molecular weight excluding hydrogens is 556 g/mol. The lowest BCUT2D eigenvalue weighted by atomic mass is 10.0. The number of carboxylic acid groups (broad SMARTS) is 1. The molecule has 4 nitrogen and oxygen atoms in total. The quantitative estimate of drug-likeness (QED) is 0.0427. The van der Waals surface area contributed by atoms with Crippen LogP contribution in [0.3, 0.4) is 0 Å². The highest BCUT2D eigenvalue weighted by atomic mass is 16.5. The van der Waals surface area contributed by atoms with E-state index >= 15 is 0 Å². The summed E-state index contributed by atoms with van der Waals surface area (Å²) in [4.78, 5) is 21.3. The van der Waals surface area contributed by atoms with Gasteiger partial charge in [-0.05, 0) is 38.5 Å². The summed E-state index contributed by atoms with van der Waals surface area (Å²) in [5.41, 5.74) is 0. The van der Waals surface area contributed by atoms with E-state index in [2.05, 4.69) is 30.7 Å². The molecule has 45 heavy (non-hydrogen) atoms. The summed E-state index contributed by atoms with van der Waals surface area (Å²) in [5.74, 6) is -0.727. The Bertz CT molecular complexity index is 600. The lowest BCUT2D eigenvalue weighted by Crippen LogP contribution is -1.99. The summed E-state index contributed by atoms with van der Waals surface area (Å²) in [6, 6.07) is 0. The van der Waals surface area contributed by atoms with E-state index in [-0.39, 0.29) is 5.97 Å². The number of esters is 1. The van der Waals surface area contributed by atoms with E-state index in [0.717, 1.165) is 19.3 Å². The summed E-state index contributed by atoms with van der Waals surface area (Å²) < 4.78 is 4.65. The molecule has 1 N–H and O–H groups in total. The van der Waals surface area contributed by atoms with Crippen molar-refractivity contribution in [3.63, 3.8) is 0 Å². The number of carboxylic acids is 1. The van der Waals surface area contributed by atoms with Crippen molar-refractivity contribution in [1.29, 1.82) is 0 Å². The zero-order valence-corrected chi connectivity index (χ0v) is 30.9. The Morgan fingerprint density at radius 2 is 0.689 bits per heavy atom. The van der Waals surface area contributed by atoms with Crippen LogP contribution in [0.25, 0.3) is 0 Å². The van der Waals surface area contributed by atoms with Crippen molar-refractivity contribution < 1.29 is 19.4 Å². The second-order valence-electron chi connectivity index (χ2n) is 13.4. The van der Waals surface area contributed by atoms with Crippen molar-refractivity contribution in [2.75, 3.05) is 7.11 Å². The fourth-order valence-corrected chi connectivity index (χ4v) is 5.80. The summed E-state index contributed by atoms with van der Waals surface area (Å²) in [6.07, 6.45) is 48.1. The number of carbonyl (C=O) groups is 2. The molecule has 4 heteroatoms. The van der Waals surface area contributed by atoms with Gasteiger partial charge in [0.25, 0.3) is 0 Å². The first-order chi connectivity index (χ1) is 22.1. The van der Waals surface area contributed by atoms with Gasteiger partial charge in [-0.15, -0.1) is 0 Å². The van der Waals surface area contributed by atoms with Crippen LogP contribution in [-0.2, 0) is 14.3 Å². The van der Waals surface area contributed by atoms with E-state index in [1.165, 1.54) is 193 Å². The Morgan fingerprint density at radius 1 is 0.422 bits per heavy atom. The van der Waals surface area contributed by atoms with Crippen molar-refractivity contribution in [1.82, 2.24) is 0 Å². The molecule has 0 fully saturated rings. The number of ether oxygens (including phenoxy) is 1. The molecule has 0 aliphatic rings. The maximum atomic E-state index is 11.0. The molecule has 0 rings (SSSR count). The van der Waals surface area contributed by atoms with E-state index in [4.69, 9.17) is 5.11 Å². The average Bonchev–Trinajstić information content (AvgIpc) is 3.04. The van der Waals surface area contributed by atoms with Gasteiger partial charge in [0.15, 0.2) is 0 Å². The minimum atomic E-state index is -0.664. The summed E-state index contributed by atoms with van der Waals surface area (Å²) in [7, 11) is 1.47. The molecule has 0 bridgehead atoms. The highest BCUT2D eigenvalue weighted by Gasteiger charge is 1.99. The molecule has 0 aliphatic heterocycles. The number of allylic oxidation sites excluding steroid dienone is 2. The largest absolute Gasteiger partial charge is 0.481 e. The normalized spacial score (nSPS) is 11.1. The van der Waals surface area contributed by atoms with Crippen LogP contribution in [0.4, 0.5) is 0 Å². The Hall–Kier alpha value is -1.32. The van der Waals surface area contributed by atoms with Gasteiger partial charge in [0.2, 0.25) is 0 Å². The third-order valence-corrected chi connectivity index (χ3v) is 8.86. The van der Waals surface area contributed by atoms with Gasteiger partial charge in [0.05, 0.1) is 7.11 Å². The van der Waals surface area contributed by atoms with Crippen molar-refractivity contribution in [3.8, 4) is 0 Å². The molecule has 0 atom stereocenters. The third kappa shape index (κ3) is 47.2. The van der Waals surface area contributed by atoms with E-state index in [0.29, 0.717) is 12.8 Å². The molecule has 0 aromatic heterocycles. The van der Waals surface area contributed by atoms with Crippen LogP contribution in [0.15, 0.2) is 12.2 Å². The molecule has 0 aromatic carbocycles. The Balaban J connectivity index is 0. The second-order valence-corrected chi connectivity index (χ2v) is 13.4. The highest BCUT2D eigenvalue weighted by Crippen LogP contribution is 2.15. The summed E-state index contributed by atoms with van der Waals surface area (Å²) in [6.45, 7) is 4.55. The van der Waals surface area contributed by atoms with Crippen LogP contribution in [0.5, 0.6) is 0 Å². The van der Waals surface area contributed by atoms with Crippen molar-refractivity contribution in [3.05, 3.63) is 12.2 Å². The number of unbranched alkanes of at least 4 members (excludes halogenated alkanes) is 29. The Labute approximate surface area is 282 Å². The number of hydrogen-bond acceptors (Lipinski definition) is 3. The third-order valence-electron chi connectivity index (χ3n) is 8.86. The Morgan fingerprint density at radius 3 is 0.978 bits per heavy atom. The van der Waals surface area contributed by atoms with Gasteiger partial charge >= 0.3 is 11.9 Å². The smallest absolute Gasteiger partial charge is 0.305 e. The first kappa shape index (κ1) is 45.8. The van der Waals surface area contributed by atoms with Crippen LogP contribution in [0, 0.1) is 0 Å². The molecule has 0 spiro atoms. The predicted octanol–water partition coefficient (Wildman–Crippen LogP) is 14.1. The maximum absolute atomic E-state index is 11.0. The van der Waals surface area contributed by atoms with E-state index in [1.807, 2.05) is 0 Å². The van der Waals surface area contributed by atoms with Gasteiger partial charge in [-0.25, -0.2) is 0 Å². The minimum absolute atomic E-state index is 0.0630. The minimum Gasteiger partial charge on any atom is -0.481 e. The second kappa shape index (κ2) is 42.7. The molecule has 0 saturated heterocycles. The lowest BCUT2D eigenvalue weighted by molar-refractivity contribution is -0.141. The van der Waals surface area contributed by atoms with E-state index in [9.17, 15) is 9.59 Å².